The van der Waals surface area contributed by atoms with Crippen molar-refractivity contribution in [2.45, 2.75) is 46.0 Å². The van der Waals surface area contributed by atoms with Crippen molar-refractivity contribution in [1.29, 1.82) is 0 Å². The predicted octanol–water partition coefficient (Wildman–Crippen LogP) is 3.88. The average Bonchev–Trinajstić information content (AvgIpc) is 1.96. The van der Waals surface area contributed by atoms with Crippen molar-refractivity contribution in [3.8, 4) is 0 Å². The van der Waals surface area contributed by atoms with Crippen molar-refractivity contribution in [2.75, 3.05) is 6.16 Å². The molecule has 0 aliphatic rings. The minimum absolute atomic E-state index is 0.315. The standard InChI is InChI=1S/C9H19OP/c1-9(2)7-5-3-4-6-8-11-10/h9H,3-8H2,1-2H3. The molecule has 11 heavy (non-hydrogen) atoms. The van der Waals surface area contributed by atoms with Crippen molar-refractivity contribution in [1.82, 2.24) is 0 Å². The third kappa shape index (κ3) is 10.1. The van der Waals surface area contributed by atoms with Gasteiger partial charge in [0.15, 0.2) is 8.46 Å². The van der Waals surface area contributed by atoms with E-state index < -0.39 is 0 Å². The quantitative estimate of drug-likeness (QED) is 0.422. The van der Waals surface area contributed by atoms with Crippen LogP contribution >= 0.6 is 8.46 Å². The summed E-state index contributed by atoms with van der Waals surface area (Å²) in [6.07, 6.45) is 7.23. The van der Waals surface area contributed by atoms with E-state index in [9.17, 15) is 4.57 Å². The molecule has 66 valence electrons. The van der Waals surface area contributed by atoms with Gasteiger partial charge in [0.25, 0.3) is 0 Å². The maximum atomic E-state index is 10.0. The topological polar surface area (TPSA) is 17.1 Å². The highest BCUT2D eigenvalue weighted by Gasteiger charge is 1.93. The first-order valence-electron chi connectivity index (χ1n) is 4.56. The van der Waals surface area contributed by atoms with Gasteiger partial charge < -0.3 is 0 Å². The van der Waals surface area contributed by atoms with Crippen LogP contribution in [-0.4, -0.2) is 6.16 Å². The Bertz CT molecular complexity index is 91.6. The maximum absolute atomic E-state index is 10.0. The molecule has 0 aromatic heterocycles. The van der Waals surface area contributed by atoms with Crippen LogP contribution in [0.1, 0.15) is 46.0 Å². The molecule has 0 heterocycles. The predicted molar refractivity (Wildman–Crippen MR) is 50.4 cm³/mol. The summed E-state index contributed by atoms with van der Waals surface area (Å²) >= 11 is 0. The fourth-order valence-electron chi connectivity index (χ4n) is 1.08. The lowest BCUT2D eigenvalue weighted by Gasteiger charge is -2.02. The molecular formula is C9H19OP. The van der Waals surface area contributed by atoms with Crippen LogP contribution in [0.2, 0.25) is 0 Å². The minimum atomic E-state index is 0.315. The van der Waals surface area contributed by atoms with Crippen LogP contribution < -0.4 is 0 Å². The first-order chi connectivity index (χ1) is 5.27. The van der Waals surface area contributed by atoms with Crippen LogP contribution in [0.15, 0.2) is 0 Å². The molecule has 0 aromatic carbocycles. The lowest BCUT2D eigenvalue weighted by Crippen LogP contribution is -1.87. The molecule has 0 aromatic rings. The SMILES string of the molecule is CC(C)CCCCCCP=O. The summed E-state index contributed by atoms with van der Waals surface area (Å²) in [6, 6.07) is 0. The average molecular weight is 174 g/mol. The van der Waals surface area contributed by atoms with Gasteiger partial charge in [0.2, 0.25) is 0 Å². The molecule has 0 saturated heterocycles. The molecule has 0 aliphatic carbocycles. The summed E-state index contributed by atoms with van der Waals surface area (Å²) in [6.45, 7) is 4.52. The maximum Gasteiger partial charge on any atom is 0.155 e. The van der Waals surface area contributed by atoms with Gasteiger partial charge in [0, 0.05) is 6.16 Å². The zero-order chi connectivity index (χ0) is 8.53. The van der Waals surface area contributed by atoms with Gasteiger partial charge in [-0.2, -0.15) is 0 Å². The molecule has 0 saturated carbocycles. The molecule has 2 heteroatoms. The van der Waals surface area contributed by atoms with Crippen LogP contribution in [0.4, 0.5) is 0 Å². The van der Waals surface area contributed by atoms with Crippen molar-refractivity contribution >= 4 is 8.46 Å². The number of rotatable bonds is 7. The van der Waals surface area contributed by atoms with Gasteiger partial charge in [-0.1, -0.05) is 39.5 Å². The van der Waals surface area contributed by atoms with Gasteiger partial charge in [0.05, 0.1) is 0 Å². The van der Waals surface area contributed by atoms with E-state index in [1.165, 1.54) is 25.7 Å². The smallest absolute Gasteiger partial charge is 0.155 e. The molecule has 0 N–H and O–H groups in total. The Labute approximate surface area is 71.8 Å². The molecule has 0 unspecified atom stereocenters. The van der Waals surface area contributed by atoms with E-state index in [4.69, 9.17) is 0 Å². The van der Waals surface area contributed by atoms with Crippen LogP contribution in [0, 0.1) is 5.92 Å². The van der Waals surface area contributed by atoms with Gasteiger partial charge in [0.1, 0.15) is 0 Å². The van der Waals surface area contributed by atoms with E-state index in [0.29, 0.717) is 8.46 Å². The Balaban J connectivity index is 2.85. The van der Waals surface area contributed by atoms with Crippen LogP contribution in [0.5, 0.6) is 0 Å². The summed E-state index contributed by atoms with van der Waals surface area (Å²) in [5, 5.41) is 0. The van der Waals surface area contributed by atoms with E-state index in [1.54, 1.807) is 0 Å². The second-order valence-corrected chi connectivity index (χ2v) is 4.15. The van der Waals surface area contributed by atoms with Gasteiger partial charge in [-0.25, -0.2) is 0 Å². The zero-order valence-electron chi connectivity index (χ0n) is 7.68. The summed E-state index contributed by atoms with van der Waals surface area (Å²) in [7, 11) is 0.315. The molecule has 0 atom stereocenters. The molecule has 0 fully saturated rings. The van der Waals surface area contributed by atoms with E-state index in [2.05, 4.69) is 13.8 Å². The molecule has 0 rings (SSSR count). The highest BCUT2D eigenvalue weighted by atomic mass is 31.1. The first kappa shape index (κ1) is 11.1. The molecule has 0 amide bonds. The highest BCUT2D eigenvalue weighted by Crippen LogP contribution is 2.10. The van der Waals surface area contributed by atoms with E-state index >= 15 is 0 Å². The fraction of sp³-hybridized carbons (Fsp3) is 1.00. The Kier molecular flexibility index (Phi) is 8.27. The normalized spacial score (nSPS) is 11.2. The second kappa shape index (κ2) is 8.20. The van der Waals surface area contributed by atoms with Crippen LogP contribution in [-0.2, 0) is 4.57 Å². The van der Waals surface area contributed by atoms with Gasteiger partial charge in [-0.3, -0.25) is 4.57 Å². The van der Waals surface area contributed by atoms with E-state index in [0.717, 1.165) is 18.5 Å². The Morgan fingerprint density at radius 2 is 1.73 bits per heavy atom. The number of hydrogen-bond acceptors (Lipinski definition) is 1. The Morgan fingerprint density at radius 1 is 1.09 bits per heavy atom. The zero-order valence-corrected chi connectivity index (χ0v) is 8.57. The van der Waals surface area contributed by atoms with Crippen LogP contribution in [0.3, 0.4) is 0 Å². The summed E-state index contributed by atoms with van der Waals surface area (Å²) in [5.41, 5.74) is 0. The van der Waals surface area contributed by atoms with Crippen molar-refractivity contribution in [2.24, 2.45) is 5.92 Å². The largest absolute Gasteiger partial charge is 0.275 e. The Hall–Kier alpha value is 0.100. The summed E-state index contributed by atoms with van der Waals surface area (Å²) in [4.78, 5) is 0. The van der Waals surface area contributed by atoms with Gasteiger partial charge in [-0.05, 0) is 12.3 Å². The third-order valence-electron chi connectivity index (χ3n) is 1.78. The summed E-state index contributed by atoms with van der Waals surface area (Å²) in [5.74, 6) is 0.840. The van der Waals surface area contributed by atoms with E-state index in [1.807, 2.05) is 0 Å². The first-order valence-corrected chi connectivity index (χ1v) is 5.56. The van der Waals surface area contributed by atoms with Crippen molar-refractivity contribution in [3.63, 3.8) is 0 Å². The molecule has 0 aliphatic heterocycles. The van der Waals surface area contributed by atoms with Gasteiger partial charge >= 0.3 is 0 Å². The van der Waals surface area contributed by atoms with Gasteiger partial charge in [-0.15, -0.1) is 0 Å². The lowest BCUT2D eigenvalue weighted by atomic mass is 10.0. The molecule has 1 nitrogen and oxygen atoms in total. The summed E-state index contributed by atoms with van der Waals surface area (Å²) < 4.78 is 10.0. The Morgan fingerprint density at radius 3 is 2.27 bits per heavy atom. The molecule has 0 spiro atoms. The molecular weight excluding hydrogens is 155 g/mol. The molecule has 0 bridgehead atoms. The fourth-order valence-corrected chi connectivity index (χ4v) is 1.44. The monoisotopic (exact) mass is 174 g/mol. The lowest BCUT2D eigenvalue weighted by molar-refractivity contribution is 0.524. The van der Waals surface area contributed by atoms with Crippen LogP contribution in [0.25, 0.3) is 0 Å². The highest BCUT2D eigenvalue weighted by molar-refractivity contribution is 7.23. The molecule has 0 radical (unpaired) electrons. The second-order valence-electron chi connectivity index (χ2n) is 3.45. The van der Waals surface area contributed by atoms with Crippen molar-refractivity contribution < 1.29 is 4.57 Å². The third-order valence-corrected chi connectivity index (χ3v) is 2.28. The number of hydrogen-bond donors (Lipinski definition) is 0. The number of unbranched alkanes of at least 4 members (excludes halogenated alkanes) is 3. The van der Waals surface area contributed by atoms with E-state index in [-0.39, 0.29) is 0 Å². The minimum Gasteiger partial charge on any atom is -0.275 e. The van der Waals surface area contributed by atoms with Crippen molar-refractivity contribution in [3.05, 3.63) is 0 Å².